The van der Waals surface area contributed by atoms with Crippen LogP contribution in [-0.4, -0.2) is 46.5 Å². The van der Waals surface area contributed by atoms with Crippen LogP contribution in [0.3, 0.4) is 0 Å². The van der Waals surface area contributed by atoms with Gasteiger partial charge in [0.05, 0.1) is 30.5 Å². The van der Waals surface area contributed by atoms with E-state index >= 15 is 0 Å². The summed E-state index contributed by atoms with van der Waals surface area (Å²) in [6.07, 6.45) is 1.22. The van der Waals surface area contributed by atoms with Gasteiger partial charge in [-0.1, -0.05) is 0 Å². The van der Waals surface area contributed by atoms with Crippen molar-refractivity contribution >= 4 is 17.8 Å². The van der Waals surface area contributed by atoms with Crippen LogP contribution in [0.5, 0.6) is 0 Å². The van der Waals surface area contributed by atoms with Crippen molar-refractivity contribution < 1.29 is 24.2 Å². The van der Waals surface area contributed by atoms with Crippen molar-refractivity contribution in [3.05, 3.63) is 0 Å². The molecule has 17 heavy (non-hydrogen) atoms. The molecule has 0 aromatic heterocycles. The molecule has 4 atom stereocenters. The molecule has 0 aromatic rings. The van der Waals surface area contributed by atoms with Crippen LogP contribution in [0.4, 0.5) is 0 Å². The lowest BCUT2D eigenvalue weighted by Crippen LogP contribution is -2.35. The minimum atomic E-state index is -0.998. The summed E-state index contributed by atoms with van der Waals surface area (Å²) in [5.74, 6) is -2.19. The predicted molar refractivity (Wildman–Crippen MR) is 53.8 cm³/mol. The molecule has 3 rings (SSSR count). The van der Waals surface area contributed by atoms with Crippen LogP contribution < -0.4 is 0 Å². The van der Waals surface area contributed by atoms with Gasteiger partial charge < -0.3 is 9.84 Å². The van der Waals surface area contributed by atoms with E-state index in [0.29, 0.717) is 0 Å². The van der Waals surface area contributed by atoms with Gasteiger partial charge in [0.25, 0.3) is 0 Å². The van der Waals surface area contributed by atoms with Crippen LogP contribution in [0.15, 0.2) is 0 Å². The highest BCUT2D eigenvalue weighted by atomic mass is 16.5. The van der Waals surface area contributed by atoms with Crippen molar-refractivity contribution in [1.29, 1.82) is 0 Å². The zero-order chi connectivity index (χ0) is 12.2. The lowest BCUT2D eigenvalue weighted by Gasteiger charge is -2.15. The molecule has 6 heteroatoms. The molecular weight excluding hydrogens is 226 g/mol. The van der Waals surface area contributed by atoms with Gasteiger partial charge >= 0.3 is 5.97 Å². The average molecular weight is 239 g/mol. The molecule has 0 aromatic carbocycles. The van der Waals surface area contributed by atoms with Gasteiger partial charge in [-0.2, -0.15) is 0 Å². The Morgan fingerprint density at radius 1 is 1.24 bits per heavy atom. The molecule has 2 bridgehead atoms. The number of rotatable bonds is 3. The monoisotopic (exact) mass is 239 g/mol. The van der Waals surface area contributed by atoms with Gasteiger partial charge in [-0.3, -0.25) is 19.3 Å². The van der Waals surface area contributed by atoms with E-state index in [4.69, 9.17) is 9.84 Å². The molecule has 0 aliphatic carbocycles. The minimum absolute atomic E-state index is 0.0144. The van der Waals surface area contributed by atoms with E-state index in [0.717, 1.165) is 17.7 Å². The third kappa shape index (κ3) is 1.40. The normalized spacial score (nSPS) is 38.9. The predicted octanol–water partition coefficient (Wildman–Crippen LogP) is -0.377. The van der Waals surface area contributed by atoms with Gasteiger partial charge in [-0.05, 0) is 12.8 Å². The lowest BCUT2D eigenvalue weighted by molar-refractivity contribution is -0.144. The Balaban J connectivity index is 1.78. The fraction of sp³-hybridized carbons (Fsp3) is 0.727. The Hall–Kier alpha value is -1.43. The van der Waals surface area contributed by atoms with Gasteiger partial charge in [0.15, 0.2) is 0 Å². The number of aliphatic carboxylic acids is 1. The van der Waals surface area contributed by atoms with Gasteiger partial charge in [-0.25, -0.2) is 0 Å². The molecule has 0 spiro atoms. The van der Waals surface area contributed by atoms with E-state index < -0.39 is 5.97 Å². The number of hydrogen-bond acceptors (Lipinski definition) is 4. The summed E-state index contributed by atoms with van der Waals surface area (Å²) < 4.78 is 5.57. The molecule has 3 fully saturated rings. The maximum atomic E-state index is 12.0. The maximum Gasteiger partial charge on any atom is 0.305 e. The molecule has 1 N–H and O–H groups in total. The zero-order valence-electron chi connectivity index (χ0n) is 9.17. The summed E-state index contributed by atoms with van der Waals surface area (Å²) in [5.41, 5.74) is 0. The summed E-state index contributed by atoms with van der Waals surface area (Å²) >= 11 is 0. The van der Waals surface area contributed by atoms with Gasteiger partial charge in [-0.15, -0.1) is 0 Å². The third-order valence-corrected chi connectivity index (χ3v) is 3.92. The number of hydrogen-bond donors (Lipinski definition) is 1. The van der Waals surface area contributed by atoms with Crippen LogP contribution in [0.25, 0.3) is 0 Å². The summed E-state index contributed by atoms with van der Waals surface area (Å²) in [6, 6.07) is 0. The fourth-order valence-electron chi connectivity index (χ4n) is 3.20. The maximum absolute atomic E-state index is 12.0. The molecule has 3 saturated heterocycles. The first-order valence-electron chi connectivity index (χ1n) is 5.82. The second-order valence-electron chi connectivity index (χ2n) is 4.81. The Labute approximate surface area is 97.5 Å². The number of nitrogens with zero attached hydrogens (tertiary/aromatic N) is 1. The molecule has 92 valence electrons. The van der Waals surface area contributed by atoms with Crippen LogP contribution in [0, 0.1) is 11.8 Å². The number of imide groups is 1. The highest BCUT2D eigenvalue weighted by molar-refractivity contribution is 6.06. The van der Waals surface area contributed by atoms with Gasteiger partial charge in [0, 0.05) is 6.54 Å². The number of carbonyl (C=O) groups excluding carboxylic acids is 2. The summed E-state index contributed by atoms with van der Waals surface area (Å²) in [5, 5.41) is 8.59. The Bertz CT molecular complexity index is 379. The van der Waals surface area contributed by atoms with E-state index in [-0.39, 0.29) is 48.8 Å². The molecule has 3 aliphatic heterocycles. The van der Waals surface area contributed by atoms with Crippen LogP contribution in [0.1, 0.15) is 19.3 Å². The molecule has 0 saturated carbocycles. The van der Waals surface area contributed by atoms with E-state index in [1.165, 1.54) is 0 Å². The number of carboxylic acids is 1. The van der Waals surface area contributed by atoms with Crippen LogP contribution in [-0.2, 0) is 19.1 Å². The van der Waals surface area contributed by atoms with Gasteiger partial charge in [0.2, 0.25) is 11.8 Å². The molecule has 2 amide bonds. The Morgan fingerprint density at radius 2 is 1.76 bits per heavy atom. The van der Waals surface area contributed by atoms with Crippen molar-refractivity contribution in [1.82, 2.24) is 4.90 Å². The second-order valence-corrected chi connectivity index (χ2v) is 4.81. The summed E-state index contributed by atoms with van der Waals surface area (Å²) in [6.45, 7) is -0.0144. The van der Waals surface area contributed by atoms with Crippen molar-refractivity contribution in [3.8, 4) is 0 Å². The summed E-state index contributed by atoms with van der Waals surface area (Å²) in [4.78, 5) is 35.7. The molecule has 0 radical (unpaired) electrons. The quantitative estimate of drug-likeness (QED) is 0.679. The standard InChI is InChI=1S/C11H13NO5/c13-7(14)3-4-12-10(15)8-5-1-2-6(17-5)9(8)11(12)16/h5-6,8-9H,1-4H2,(H,13,14)/t5-,6+,8-,9-/m0/s1. The van der Waals surface area contributed by atoms with E-state index in [1.807, 2.05) is 0 Å². The number of carboxylic acid groups (broad SMARTS) is 1. The molecule has 3 aliphatic rings. The van der Waals surface area contributed by atoms with Crippen molar-refractivity contribution in [2.24, 2.45) is 11.8 Å². The summed E-state index contributed by atoms with van der Waals surface area (Å²) in [7, 11) is 0. The Kier molecular flexibility index (Phi) is 2.22. The average Bonchev–Trinajstić information content (AvgIpc) is 2.92. The first-order valence-corrected chi connectivity index (χ1v) is 5.82. The highest BCUT2D eigenvalue weighted by Crippen LogP contribution is 2.48. The van der Waals surface area contributed by atoms with E-state index in [2.05, 4.69) is 0 Å². The smallest absolute Gasteiger partial charge is 0.305 e. The zero-order valence-corrected chi connectivity index (χ0v) is 9.17. The number of fused-ring (bicyclic) bond motifs is 5. The number of ether oxygens (including phenoxy) is 1. The number of carbonyl (C=O) groups is 3. The van der Waals surface area contributed by atoms with Crippen LogP contribution in [0.2, 0.25) is 0 Å². The first-order chi connectivity index (χ1) is 8.09. The number of likely N-dealkylation sites (tertiary alicyclic amines) is 1. The second kappa shape index (κ2) is 3.53. The topological polar surface area (TPSA) is 83.9 Å². The van der Waals surface area contributed by atoms with E-state index in [9.17, 15) is 14.4 Å². The van der Waals surface area contributed by atoms with Crippen molar-refractivity contribution in [3.63, 3.8) is 0 Å². The van der Waals surface area contributed by atoms with Gasteiger partial charge in [0.1, 0.15) is 0 Å². The fourth-order valence-corrected chi connectivity index (χ4v) is 3.20. The van der Waals surface area contributed by atoms with Crippen molar-refractivity contribution in [2.75, 3.05) is 6.54 Å². The molecule has 6 nitrogen and oxygen atoms in total. The number of amides is 2. The van der Waals surface area contributed by atoms with E-state index in [1.54, 1.807) is 0 Å². The lowest BCUT2D eigenvalue weighted by atomic mass is 9.81. The highest BCUT2D eigenvalue weighted by Gasteiger charge is 2.62. The Morgan fingerprint density at radius 3 is 2.24 bits per heavy atom. The molecular formula is C11H13NO5. The first kappa shape index (κ1) is 10.7. The molecule has 0 unspecified atom stereocenters. The van der Waals surface area contributed by atoms with Crippen LogP contribution >= 0.6 is 0 Å². The minimum Gasteiger partial charge on any atom is -0.481 e. The van der Waals surface area contributed by atoms with Crippen molar-refractivity contribution in [2.45, 2.75) is 31.5 Å². The molecule has 3 heterocycles. The SMILES string of the molecule is O=C(O)CCN1C(=O)[C@@H]2[C@@H](C1=O)[C@H]1CC[C@@H]2O1. The third-order valence-electron chi connectivity index (χ3n) is 3.92. The largest absolute Gasteiger partial charge is 0.481 e.